The fourth-order valence-electron chi connectivity index (χ4n) is 0.493. The van der Waals surface area contributed by atoms with E-state index < -0.39 is 27.6 Å². The number of phosphoric ester groups is 1. The van der Waals surface area contributed by atoms with Crippen LogP contribution in [0.15, 0.2) is 0 Å². The zero-order valence-electron chi connectivity index (χ0n) is 8.61. The maximum absolute atomic E-state index is 11.2. The van der Waals surface area contributed by atoms with E-state index in [9.17, 15) is 23.6 Å². The smallest absolute Gasteiger partial charge is 0.756 e. The molecule has 104 valence electrons. The third kappa shape index (κ3) is 14.3. The molecule has 0 aliphatic carbocycles. The van der Waals surface area contributed by atoms with Crippen molar-refractivity contribution in [2.75, 3.05) is 0 Å². The van der Waals surface area contributed by atoms with Gasteiger partial charge in [0.05, 0.1) is 0 Å². The normalized spacial score (nSPS) is 12.7. The maximum Gasteiger partial charge on any atom is 1.00 e. The molecule has 1 unspecified atom stereocenters. The zero-order chi connectivity index (χ0) is 12.3. The SMILES string of the molecule is C.C.CC(=O)OP(=O)(OC(C)=O)OP(=O)([O-])O.[Na+]. The van der Waals surface area contributed by atoms with Gasteiger partial charge < -0.3 is 18.8 Å². The summed E-state index contributed by atoms with van der Waals surface area (Å²) in [6.45, 7) is 1.54. The molecule has 9 nitrogen and oxygen atoms in total. The number of hydrogen-bond acceptors (Lipinski definition) is 8. The number of carbonyl (C=O) groups excluding carboxylic acids is 2. The van der Waals surface area contributed by atoms with Crippen LogP contribution < -0.4 is 34.5 Å². The minimum absolute atomic E-state index is 0. The van der Waals surface area contributed by atoms with Crippen molar-refractivity contribution >= 4 is 27.6 Å². The second-order valence-electron chi connectivity index (χ2n) is 2.16. The minimum Gasteiger partial charge on any atom is -0.756 e. The van der Waals surface area contributed by atoms with Crippen LogP contribution >= 0.6 is 15.6 Å². The van der Waals surface area contributed by atoms with Crippen LogP contribution in [-0.2, 0) is 32.1 Å². The average Bonchev–Trinajstić information content (AvgIpc) is 1.73. The molecule has 0 aromatic carbocycles. The molecule has 0 saturated heterocycles. The van der Waals surface area contributed by atoms with Gasteiger partial charge in [0, 0.05) is 13.8 Å². The molecule has 0 bridgehead atoms. The predicted molar refractivity (Wildman–Crippen MR) is 55.5 cm³/mol. The Hall–Kier alpha value is 0.280. The molecule has 0 aromatic heterocycles. The summed E-state index contributed by atoms with van der Waals surface area (Å²) in [7, 11) is -10.4. The van der Waals surface area contributed by atoms with Gasteiger partial charge >= 0.3 is 49.3 Å². The van der Waals surface area contributed by atoms with E-state index >= 15 is 0 Å². The van der Waals surface area contributed by atoms with Gasteiger partial charge in [0.25, 0.3) is 7.82 Å². The number of phosphoric acid groups is 2. The molecule has 0 fully saturated rings. The van der Waals surface area contributed by atoms with Crippen LogP contribution in [0.3, 0.4) is 0 Å². The van der Waals surface area contributed by atoms with Gasteiger partial charge in [-0.2, -0.15) is 4.31 Å². The monoisotopic (exact) mass is 316 g/mol. The fraction of sp³-hybridized carbons (Fsp3) is 0.667. The van der Waals surface area contributed by atoms with Crippen LogP contribution in [0.5, 0.6) is 0 Å². The molecule has 0 radical (unpaired) electrons. The molecule has 0 aliphatic heterocycles. The topological polar surface area (TPSA) is 139 Å². The Morgan fingerprint density at radius 3 is 1.50 bits per heavy atom. The van der Waals surface area contributed by atoms with E-state index in [1.807, 2.05) is 0 Å². The minimum atomic E-state index is -5.47. The second kappa shape index (κ2) is 10.1. The molecule has 18 heavy (non-hydrogen) atoms. The molecular weight excluding hydrogens is 301 g/mol. The van der Waals surface area contributed by atoms with Gasteiger partial charge in [0.2, 0.25) is 0 Å². The molecule has 0 aliphatic rings. The molecule has 0 amide bonds. The summed E-state index contributed by atoms with van der Waals surface area (Å²) < 4.78 is 32.6. The summed E-state index contributed by atoms with van der Waals surface area (Å²) in [5.74, 6) is -2.43. The van der Waals surface area contributed by atoms with Crippen molar-refractivity contribution in [1.82, 2.24) is 0 Å². The fourth-order valence-corrected chi connectivity index (χ4v) is 2.44. The van der Waals surface area contributed by atoms with Gasteiger partial charge in [0.15, 0.2) is 0 Å². The Labute approximate surface area is 127 Å². The first-order valence-electron chi connectivity index (χ1n) is 3.29. The van der Waals surface area contributed by atoms with Gasteiger partial charge in [-0.05, 0) is 0 Å². The van der Waals surface area contributed by atoms with Gasteiger partial charge in [-0.1, -0.05) is 14.9 Å². The molecular formula is C6H15NaO9P2. The molecule has 1 N–H and O–H groups in total. The Morgan fingerprint density at radius 1 is 1.06 bits per heavy atom. The molecule has 0 spiro atoms. The van der Waals surface area contributed by atoms with Crippen LogP contribution in [0.4, 0.5) is 0 Å². The summed E-state index contributed by atoms with van der Waals surface area (Å²) in [6, 6.07) is 0. The third-order valence-electron chi connectivity index (χ3n) is 0.684. The first-order valence-corrected chi connectivity index (χ1v) is 6.25. The van der Waals surface area contributed by atoms with Crippen LogP contribution in [0.2, 0.25) is 0 Å². The molecule has 0 saturated carbocycles. The van der Waals surface area contributed by atoms with Gasteiger partial charge in [-0.15, -0.1) is 0 Å². The van der Waals surface area contributed by atoms with Crippen LogP contribution in [0.25, 0.3) is 0 Å². The first kappa shape index (κ1) is 26.8. The number of rotatable bonds is 4. The molecule has 0 aromatic rings. The Bertz CT molecular complexity index is 342. The summed E-state index contributed by atoms with van der Waals surface area (Å²) in [6.07, 6.45) is 0. The average molecular weight is 316 g/mol. The van der Waals surface area contributed by atoms with E-state index in [0.29, 0.717) is 0 Å². The Balaban J connectivity index is -0.000000327. The standard InChI is InChI=1S/C4H8O9P2.2CH4.Na/c1-3(5)11-15(10,12-4(2)6)13-14(7,8)9;;;/h1-2H3,(H2,7,8,9);2*1H4;/q;;;+1/p-1. The summed E-state index contributed by atoms with van der Waals surface area (Å²) in [5.41, 5.74) is 0. The Morgan fingerprint density at radius 2 is 1.33 bits per heavy atom. The van der Waals surface area contributed by atoms with Crippen molar-refractivity contribution in [2.24, 2.45) is 0 Å². The van der Waals surface area contributed by atoms with E-state index in [2.05, 4.69) is 13.4 Å². The van der Waals surface area contributed by atoms with Crippen molar-refractivity contribution in [3.05, 3.63) is 0 Å². The van der Waals surface area contributed by atoms with Gasteiger partial charge in [-0.3, -0.25) is 14.2 Å². The van der Waals surface area contributed by atoms with Crippen molar-refractivity contribution in [1.29, 1.82) is 0 Å². The van der Waals surface area contributed by atoms with Gasteiger partial charge in [0.1, 0.15) is 0 Å². The van der Waals surface area contributed by atoms with Gasteiger partial charge in [-0.25, -0.2) is 4.57 Å². The van der Waals surface area contributed by atoms with Crippen molar-refractivity contribution in [2.45, 2.75) is 28.7 Å². The molecule has 0 heterocycles. The van der Waals surface area contributed by atoms with E-state index in [4.69, 9.17) is 4.89 Å². The van der Waals surface area contributed by atoms with E-state index in [1.54, 1.807) is 0 Å². The second-order valence-corrected chi connectivity index (χ2v) is 5.01. The predicted octanol–water partition coefficient (Wildman–Crippen LogP) is -2.03. The summed E-state index contributed by atoms with van der Waals surface area (Å²) in [5, 5.41) is 0. The van der Waals surface area contributed by atoms with Crippen LogP contribution in [-0.4, -0.2) is 16.8 Å². The summed E-state index contributed by atoms with van der Waals surface area (Å²) in [4.78, 5) is 39.2. The largest absolute Gasteiger partial charge is 1.00 e. The zero-order valence-corrected chi connectivity index (χ0v) is 12.4. The third-order valence-corrected chi connectivity index (χ3v) is 3.27. The number of carbonyl (C=O) groups is 2. The van der Waals surface area contributed by atoms with Crippen LogP contribution in [0, 0.1) is 0 Å². The number of hydrogen-bond donors (Lipinski definition) is 1. The maximum atomic E-state index is 11.2. The van der Waals surface area contributed by atoms with E-state index in [-0.39, 0.29) is 44.4 Å². The molecule has 1 atom stereocenters. The molecule has 0 rings (SSSR count). The van der Waals surface area contributed by atoms with E-state index in [1.165, 1.54) is 0 Å². The first-order chi connectivity index (χ1) is 6.54. The van der Waals surface area contributed by atoms with Crippen molar-refractivity contribution < 1.29 is 71.4 Å². The van der Waals surface area contributed by atoms with E-state index in [0.717, 1.165) is 13.8 Å². The van der Waals surface area contributed by atoms with Crippen molar-refractivity contribution in [3.63, 3.8) is 0 Å². The summed E-state index contributed by atoms with van der Waals surface area (Å²) >= 11 is 0. The quantitative estimate of drug-likeness (QED) is 0.459. The van der Waals surface area contributed by atoms with Crippen LogP contribution in [0.1, 0.15) is 28.7 Å². The Kier molecular flexibility index (Phi) is 15.0. The van der Waals surface area contributed by atoms with Crippen molar-refractivity contribution in [3.8, 4) is 0 Å². The molecule has 12 heteroatoms.